The molecule has 4 fully saturated rings. The third-order valence-corrected chi connectivity index (χ3v) is 13.3. The topological polar surface area (TPSA) is 167 Å². The van der Waals surface area contributed by atoms with Gasteiger partial charge in [0.1, 0.15) is 0 Å². The molecule has 324 valence electrons. The molecule has 4 aliphatic heterocycles. The van der Waals surface area contributed by atoms with Crippen LogP contribution in [-0.4, -0.2) is 147 Å². The molecule has 4 aliphatic rings. The Labute approximate surface area is 359 Å². The fourth-order valence-electron chi connectivity index (χ4n) is 8.91. The van der Waals surface area contributed by atoms with Crippen molar-refractivity contribution in [1.29, 1.82) is 0 Å². The van der Waals surface area contributed by atoms with Crippen LogP contribution in [0.4, 0.5) is 0 Å². The number of primary amides is 2. The predicted octanol–water partition coefficient (Wildman–Crippen LogP) is 3.58. The maximum absolute atomic E-state index is 12.9. The minimum Gasteiger partial charge on any atom is -0.375 e. The number of Topliss-reactive ketones (excluding diaryl/α,β-unsaturated/α-hetero) is 2. The van der Waals surface area contributed by atoms with Gasteiger partial charge in [-0.2, -0.15) is 0 Å². The normalized spacial score (nSPS) is 20.2. The van der Waals surface area contributed by atoms with E-state index in [1.165, 1.54) is 0 Å². The van der Waals surface area contributed by atoms with E-state index in [1.807, 2.05) is 36.4 Å². The van der Waals surface area contributed by atoms with Gasteiger partial charge in [-0.05, 0) is 113 Å². The van der Waals surface area contributed by atoms with E-state index >= 15 is 0 Å². The third kappa shape index (κ3) is 14.0. The third-order valence-electron chi connectivity index (χ3n) is 12.7. The Kier molecular flexibility index (Phi) is 17.6. The number of carbonyl (C=O) groups is 4. The fraction of sp³-hybridized carbons (Fsp3) is 0.636. The molecule has 6 N–H and O–H groups in total. The number of hydrogen-bond donors (Lipinski definition) is 4. The first-order chi connectivity index (χ1) is 28.5. The second-order valence-electron chi connectivity index (χ2n) is 17.0. The van der Waals surface area contributed by atoms with E-state index in [0.29, 0.717) is 33.4 Å². The minimum atomic E-state index is -0.211. The molecule has 2 amide bonds. The van der Waals surface area contributed by atoms with Gasteiger partial charge in [-0.1, -0.05) is 35.3 Å². The number of nitrogens with zero attached hydrogens (tertiary/aromatic N) is 4. The van der Waals surface area contributed by atoms with Crippen molar-refractivity contribution >= 4 is 46.6 Å². The average molecular weight is 856 g/mol. The molecule has 0 aromatic heterocycles. The van der Waals surface area contributed by atoms with E-state index in [0.717, 1.165) is 154 Å². The first-order valence-electron chi connectivity index (χ1n) is 21.7. The van der Waals surface area contributed by atoms with Gasteiger partial charge >= 0.3 is 0 Å². The number of likely N-dealkylation sites (tertiary alicyclic amines) is 4. The van der Waals surface area contributed by atoms with Crippen molar-refractivity contribution in [2.45, 2.75) is 76.7 Å². The SMILES string of the molecule is NC(=O)C1CCN(Cc2ccc(C(=O)CNCCN3CCC(OC4CCN(CCNCC(=O)c5ccc(CN6CCC(C(N)=O)CC6)cc5Cl)CC4)CC3)c(Cl)c2)CC1. The molecule has 6 rings (SSSR count). The number of nitrogens with two attached hydrogens (primary N) is 2. The Balaban J connectivity index is 0.780. The Morgan fingerprint density at radius 1 is 0.559 bits per heavy atom. The van der Waals surface area contributed by atoms with Crippen molar-refractivity contribution in [2.75, 3.05) is 91.6 Å². The van der Waals surface area contributed by atoms with Crippen molar-refractivity contribution in [3.05, 3.63) is 68.7 Å². The van der Waals surface area contributed by atoms with Crippen LogP contribution < -0.4 is 22.1 Å². The second-order valence-corrected chi connectivity index (χ2v) is 17.8. The number of benzene rings is 2. The summed E-state index contributed by atoms with van der Waals surface area (Å²) in [4.78, 5) is 58.2. The highest BCUT2D eigenvalue weighted by Crippen LogP contribution is 2.25. The highest BCUT2D eigenvalue weighted by molar-refractivity contribution is 6.34. The van der Waals surface area contributed by atoms with E-state index in [-0.39, 0.29) is 48.3 Å². The van der Waals surface area contributed by atoms with Crippen LogP contribution in [0.2, 0.25) is 10.0 Å². The summed E-state index contributed by atoms with van der Waals surface area (Å²) in [6.45, 7) is 12.5. The number of hydrogen-bond acceptors (Lipinski definition) is 11. The molecular formula is C44H64Cl2N8O5. The molecule has 2 aromatic rings. The van der Waals surface area contributed by atoms with Crippen LogP contribution in [0.25, 0.3) is 0 Å². The molecule has 4 heterocycles. The standard InChI is InChI=1S/C44H64Cl2N8O5/c45-39-25-31(29-53-15-5-33(6-16-53)43(47)57)1-3-37(39)41(55)27-49-13-23-51-19-9-35(10-20-51)59-36-11-21-52(22-12-36)24-14-50-28-42(56)38-4-2-32(26-40(38)46)30-54-17-7-34(8-18-54)44(48)58/h1-4,25-26,33-36,49-50H,5-24,27-30H2,(H2,47,57)(H2,48,58). The summed E-state index contributed by atoms with van der Waals surface area (Å²) in [7, 11) is 0. The zero-order chi connectivity index (χ0) is 41.7. The number of rotatable bonds is 20. The fourth-order valence-corrected chi connectivity index (χ4v) is 9.53. The summed E-state index contributed by atoms with van der Waals surface area (Å²) in [5.74, 6) is -0.508. The van der Waals surface area contributed by atoms with Crippen LogP contribution in [0, 0.1) is 11.8 Å². The van der Waals surface area contributed by atoms with Crippen LogP contribution in [0.15, 0.2) is 36.4 Å². The van der Waals surface area contributed by atoms with Gasteiger partial charge in [0, 0.05) is 88.4 Å². The van der Waals surface area contributed by atoms with Crippen molar-refractivity contribution in [3.63, 3.8) is 0 Å². The number of carbonyl (C=O) groups excluding carboxylic acids is 4. The van der Waals surface area contributed by atoms with Gasteiger partial charge < -0.3 is 36.6 Å². The van der Waals surface area contributed by atoms with Gasteiger partial charge in [0.2, 0.25) is 11.8 Å². The molecule has 59 heavy (non-hydrogen) atoms. The highest BCUT2D eigenvalue weighted by atomic mass is 35.5. The number of ketones is 2. The number of halogens is 2. The van der Waals surface area contributed by atoms with Gasteiger partial charge in [-0.3, -0.25) is 29.0 Å². The Hall–Kier alpha value is -2.98. The molecule has 0 unspecified atom stereocenters. The van der Waals surface area contributed by atoms with Crippen LogP contribution in [0.1, 0.15) is 83.2 Å². The number of ether oxygens (including phenoxy) is 1. The van der Waals surface area contributed by atoms with Crippen molar-refractivity contribution in [1.82, 2.24) is 30.2 Å². The number of nitrogens with one attached hydrogen (secondary N) is 2. The highest BCUT2D eigenvalue weighted by Gasteiger charge is 2.27. The number of amides is 2. The lowest BCUT2D eigenvalue weighted by Crippen LogP contribution is -2.44. The number of piperidine rings is 4. The summed E-state index contributed by atoms with van der Waals surface area (Å²) < 4.78 is 6.55. The maximum atomic E-state index is 12.9. The summed E-state index contributed by atoms with van der Waals surface area (Å²) in [5.41, 5.74) is 14.1. The zero-order valence-electron chi connectivity index (χ0n) is 34.5. The average Bonchev–Trinajstić information content (AvgIpc) is 3.22. The molecular weight excluding hydrogens is 791 g/mol. The molecule has 13 nitrogen and oxygen atoms in total. The van der Waals surface area contributed by atoms with Gasteiger partial charge in [0.25, 0.3) is 0 Å². The minimum absolute atomic E-state index is 0.00975. The first kappa shape index (κ1) is 45.5. The lowest BCUT2D eigenvalue weighted by atomic mass is 9.96. The molecule has 0 bridgehead atoms. The van der Waals surface area contributed by atoms with E-state index in [9.17, 15) is 19.2 Å². The Bertz CT molecular complexity index is 1600. The molecule has 0 aliphatic carbocycles. The molecule has 0 atom stereocenters. The Morgan fingerprint density at radius 2 is 0.915 bits per heavy atom. The molecule has 0 saturated carbocycles. The van der Waals surface area contributed by atoms with E-state index < -0.39 is 0 Å². The van der Waals surface area contributed by atoms with Gasteiger partial charge in [0.15, 0.2) is 11.6 Å². The summed E-state index contributed by atoms with van der Waals surface area (Å²) >= 11 is 13.1. The quantitative estimate of drug-likeness (QED) is 0.114. The Morgan fingerprint density at radius 3 is 1.25 bits per heavy atom. The van der Waals surface area contributed by atoms with Crippen molar-refractivity contribution in [3.8, 4) is 0 Å². The smallest absolute Gasteiger partial charge is 0.220 e. The van der Waals surface area contributed by atoms with Gasteiger partial charge in [-0.15, -0.1) is 0 Å². The van der Waals surface area contributed by atoms with E-state index in [1.54, 1.807) is 0 Å². The summed E-state index contributed by atoms with van der Waals surface area (Å²) in [6, 6.07) is 11.4. The van der Waals surface area contributed by atoms with E-state index in [2.05, 4.69) is 30.2 Å². The zero-order valence-corrected chi connectivity index (χ0v) is 36.0. The summed E-state index contributed by atoms with van der Waals surface area (Å²) in [6.07, 6.45) is 7.79. The van der Waals surface area contributed by atoms with Crippen LogP contribution in [-0.2, 0) is 27.4 Å². The van der Waals surface area contributed by atoms with E-state index in [4.69, 9.17) is 39.4 Å². The van der Waals surface area contributed by atoms with Crippen molar-refractivity contribution in [2.24, 2.45) is 23.3 Å². The largest absolute Gasteiger partial charge is 0.375 e. The molecule has 15 heteroatoms. The molecule has 2 aromatic carbocycles. The van der Waals surface area contributed by atoms with Crippen LogP contribution in [0.3, 0.4) is 0 Å². The van der Waals surface area contributed by atoms with Crippen LogP contribution in [0.5, 0.6) is 0 Å². The molecule has 0 radical (unpaired) electrons. The van der Waals surface area contributed by atoms with Gasteiger partial charge in [-0.25, -0.2) is 0 Å². The molecule has 4 saturated heterocycles. The van der Waals surface area contributed by atoms with Crippen molar-refractivity contribution < 1.29 is 23.9 Å². The first-order valence-corrected chi connectivity index (χ1v) is 22.4. The van der Waals surface area contributed by atoms with Gasteiger partial charge in [0.05, 0.1) is 35.3 Å². The maximum Gasteiger partial charge on any atom is 0.220 e. The lowest BCUT2D eigenvalue weighted by Gasteiger charge is -2.37. The lowest BCUT2D eigenvalue weighted by molar-refractivity contribution is -0.124. The predicted molar refractivity (Wildman–Crippen MR) is 232 cm³/mol. The monoisotopic (exact) mass is 854 g/mol. The summed E-state index contributed by atoms with van der Waals surface area (Å²) in [5, 5.41) is 7.59. The van der Waals surface area contributed by atoms with Crippen LogP contribution >= 0.6 is 23.2 Å². The molecule has 0 spiro atoms. The second kappa shape index (κ2) is 22.7.